The van der Waals surface area contributed by atoms with E-state index >= 15 is 0 Å². The van der Waals surface area contributed by atoms with Crippen molar-refractivity contribution in [2.24, 2.45) is 0 Å². The quantitative estimate of drug-likeness (QED) is 0.476. The van der Waals surface area contributed by atoms with Crippen molar-refractivity contribution in [1.82, 2.24) is 9.80 Å². The Labute approximate surface area is 150 Å². The van der Waals surface area contributed by atoms with Crippen LogP contribution < -0.4 is 4.74 Å². The first kappa shape index (κ1) is 19.4. The Morgan fingerprint density at radius 2 is 1.92 bits per heavy atom. The van der Waals surface area contributed by atoms with Gasteiger partial charge >= 0.3 is 0 Å². The largest absolute Gasteiger partial charge is 0.489 e. The predicted octanol–water partition coefficient (Wildman–Crippen LogP) is 1.67. The molecule has 6 nitrogen and oxygen atoms in total. The SMILES string of the molecule is C=CCOc1ccccc1C(=O)N1CCN(CCOCCOC)CC1. The normalized spacial score (nSPS) is 15.2. The first-order valence-corrected chi connectivity index (χ1v) is 8.67. The van der Waals surface area contributed by atoms with Gasteiger partial charge in [-0.2, -0.15) is 0 Å². The number of para-hydroxylation sites is 1. The highest BCUT2D eigenvalue weighted by atomic mass is 16.5. The number of carbonyl (C=O) groups excluding carboxylic acids is 1. The van der Waals surface area contributed by atoms with Gasteiger partial charge in [-0.25, -0.2) is 0 Å². The van der Waals surface area contributed by atoms with Crippen LogP contribution in [0.4, 0.5) is 0 Å². The molecule has 1 aliphatic heterocycles. The Kier molecular flexibility index (Phi) is 8.45. The van der Waals surface area contributed by atoms with Crippen molar-refractivity contribution in [2.45, 2.75) is 0 Å². The highest BCUT2D eigenvalue weighted by Crippen LogP contribution is 2.20. The molecule has 0 aromatic heterocycles. The zero-order valence-electron chi connectivity index (χ0n) is 15.0. The fourth-order valence-corrected chi connectivity index (χ4v) is 2.70. The molecule has 1 heterocycles. The lowest BCUT2D eigenvalue weighted by atomic mass is 10.1. The van der Waals surface area contributed by atoms with Crippen LogP contribution in [-0.2, 0) is 9.47 Å². The molecule has 0 radical (unpaired) electrons. The maximum Gasteiger partial charge on any atom is 0.257 e. The van der Waals surface area contributed by atoms with Crippen molar-refractivity contribution in [2.75, 3.05) is 66.3 Å². The number of hydrogen-bond donors (Lipinski definition) is 0. The second-order valence-electron chi connectivity index (χ2n) is 5.83. The van der Waals surface area contributed by atoms with Crippen molar-refractivity contribution in [3.63, 3.8) is 0 Å². The average molecular weight is 348 g/mol. The van der Waals surface area contributed by atoms with Crippen LogP contribution in [0.25, 0.3) is 0 Å². The summed E-state index contributed by atoms with van der Waals surface area (Å²) < 4.78 is 16.1. The van der Waals surface area contributed by atoms with Crippen LogP contribution in [0.15, 0.2) is 36.9 Å². The van der Waals surface area contributed by atoms with E-state index in [1.165, 1.54) is 0 Å². The number of benzene rings is 1. The molecule has 0 saturated carbocycles. The summed E-state index contributed by atoms with van der Waals surface area (Å²) in [5.74, 6) is 0.636. The summed E-state index contributed by atoms with van der Waals surface area (Å²) in [6, 6.07) is 7.37. The standard InChI is InChI=1S/C19H28N2O4/c1-3-13-25-18-7-5-4-6-17(18)19(22)21-10-8-20(9-11-21)12-14-24-16-15-23-2/h3-7H,1,8-16H2,2H3. The molecule has 1 aliphatic rings. The Morgan fingerprint density at radius 1 is 1.16 bits per heavy atom. The van der Waals surface area contributed by atoms with Crippen LogP contribution in [0.1, 0.15) is 10.4 Å². The molecule has 1 saturated heterocycles. The maximum absolute atomic E-state index is 12.8. The third-order valence-electron chi connectivity index (χ3n) is 4.12. The molecule has 0 unspecified atom stereocenters. The summed E-state index contributed by atoms with van der Waals surface area (Å²) in [4.78, 5) is 17.0. The number of carbonyl (C=O) groups is 1. The van der Waals surface area contributed by atoms with Gasteiger partial charge in [0.05, 0.1) is 25.4 Å². The van der Waals surface area contributed by atoms with Crippen molar-refractivity contribution < 1.29 is 19.0 Å². The Bertz CT molecular complexity index is 542. The van der Waals surface area contributed by atoms with Crippen LogP contribution in [0.3, 0.4) is 0 Å². The van der Waals surface area contributed by atoms with Gasteiger partial charge in [0.1, 0.15) is 12.4 Å². The van der Waals surface area contributed by atoms with E-state index in [-0.39, 0.29) is 5.91 Å². The Morgan fingerprint density at radius 3 is 2.64 bits per heavy atom. The first-order valence-electron chi connectivity index (χ1n) is 8.67. The van der Waals surface area contributed by atoms with E-state index in [4.69, 9.17) is 14.2 Å². The summed E-state index contributed by atoms with van der Waals surface area (Å²) in [5.41, 5.74) is 0.612. The number of ether oxygens (including phenoxy) is 3. The third kappa shape index (κ3) is 6.16. The maximum atomic E-state index is 12.8. The van der Waals surface area contributed by atoms with Gasteiger partial charge in [0, 0.05) is 39.8 Å². The minimum atomic E-state index is 0.0238. The number of methoxy groups -OCH3 is 1. The molecule has 25 heavy (non-hydrogen) atoms. The number of nitrogens with zero attached hydrogens (tertiary/aromatic N) is 2. The summed E-state index contributed by atoms with van der Waals surface area (Å²) in [6.07, 6.45) is 1.68. The van der Waals surface area contributed by atoms with E-state index < -0.39 is 0 Å². The molecule has 1 amide bonds. The molecule has 0 N–H and O–H groups in total. The monoisotopic (exact) mass is 348 g/mol. The molecule has 2 rings (SSSR count). The van der Waals surface area contributed by atoms with Crippen molar-refractivity contribution in [3.05, 3.63) is 42.5 Å². The van der Waals surface area contributed by atoms with E-state index in [0.29, 0.717) is 50.8 Å². The smallest absolute Gasteiger partial charge is 0.257 e. The summed E-state index contributed by atoms with van der Waals surface area (Å²) in [6.45, 7) is 9.99. The van der Waals surface area contributed by atoms with Gasteiger partial charge < -0.3 is 19.1 Å². The van der Waals surface area contributed by atoms with E-state index in [1.54, 1.807) is 13.2 Å². The zero-order chi connectivity index (χ0) is 17.9. The van der Waals surface area contributed by atoms with Crippen LogP contribution >= 0.6 is 0 Å². The number of rotatable bonds is 10. The van der Waals surface area contributed by atoms with Crippen LogP contribution in [0.2, 0.25) is 0 Å². The molecule has 0 aliphatic carbocycles. The van der Waals surface area contributed by atoms with Crippen LogP contribution in [-0.4, -0.2) is 82.0 Å². The van der Waals surface area contributed by atoms with E-state index in [0.717, 1.165) is 19.6 Å². The Hall–Kier alpha value is -1.89. The minimum absolute atomic E-state index is 0.0238. The first-order chi connectivity index (χ1) is 12.3. The van der Waals surface area contributed by atoms with Crippen LogP contribution in [0, 0.1) is 0 Å². The predicted molar refractivity (Wildman–Crippen MR) is 97.2 cm³/mol. The summed E-state index contributed by atoms with van der Waals surface area (Å²) in [5, 5.41) is 0. The molecule has 138 valence electrons. The van der Waals surface area contributed by atoms with E-state index in [2.05, 4.69) is 11.5 Å². The molecule has 1 aromatic rings. The molecular weight excluding hydrogens is 320 g/mol. The molecule has 0 spiro atoms. The van der Waals surface area contributed by atoms with Crippen LogP contribution in [0.5, 0.6) is 5.75 Å². The van der Waals surface area contributed by atoms with Gasteiger partial charge in [0.2, 0.25) is 0 Å². The number of hydrogen-bond acceptors (Lipinski definition) is 5. The lowest BCUT2D eigenvalue weighted by Gasteiger charge is -2.34. The number of amides is 1. The minimum Gasteiger partial charge on any atom is -0.489 e. The average Bonchev–Trinajstić information content (AvgIpc) is 2.66. The molecular formula is C19H28N2O4. The van der Waals surface area contributed by atoms with Gasteiger partial charge in [-0.15, -0.1) is 0 Å². The Balaban J connectivity index is 1.80. The van der Waals surface area contributed by atoms with Gasteiger partial charge in [0.25, 0.3) is 5.91 Å². The third-order valence-corrected chi connectivity index (χ3v) is 4.12. The molecule has 0 bridgehead atoms. The van der Waals surface area contributed by atoms with Crippen molar-refractivity contribution >= 4 is 5.91 Å². The fourth-order valence-electron chi connectivity index (χ4n) is 2.70. The molecule has 1 aromatic carbocycles. The van der Waals surface area contributed by atoms with E-state index in [1.807, 2.05) is 29.2 Å². The topological polar surface area (TPSA) is 51.2 Å². The zero-order valence-corrected chi connectivity index (χ0v) is 15.0. The molecule has 0 atom stereocenters. The van der Waals surface area contributed by atoms with Gasteiger partial charge in [-0.1, -0.05) is 24.8 Å². The fraction of sp³-hybridized carbons (Fsp3) is 0.526. The highest BCUT2D eigenvalue weighted by Gasteiger charge is 2.23. The van der Waals surface area contributed by atoms with Crippen molar-refractivity contribution in [1.29, 1.82) is 0 Å². The summed E-state index contributed by atoms with van der Waals surface area (Å²) in [7, 11) is 1.67. The number of piperazine rings is 1. The second-order valence-corrected chi connectivity index (χ2v) is 5.83. The van der Waals surface area contributed by atoms with Crippen molar-refractivity contribution in [3.8, 4) is 5.75 Å². The second kappa shape index (κ2) is 10.9. The molecule has 6 heteroatoms. The summed E-state index contributed by atoms with van der Waals surface area (Å²) >= 11 is 0. The highest BCUT2D eigenvalue weighted by molar-refractivity contribution is 5.97. The lowest BCUT2D eigenvalue weighted by molar-refractivity contribution is 0.0419. The van der Waals surface area contributed by atoms with Gasteiger partial charge in [-0.3, -0.25) is 9.69 Å². The molecule has 1 fully saturated rings. The van der Waals surface area contributed by atoms with E-state index in [9.17, 15) is 4.79 Å². The van der Waals surface area contributed by atoms with Gasteiger partial charge in [0.15, 0.2) is 0 Å². The van der Waals surface area contributed by atoms with Gasteiger partial charge in [-0.05, 0) is 12.1 Å². The lowest BCUT2D eigenvalue weighted by Crippen LogP contribution is -2.49.